The highest BCUT2D eigenvalue weighted by molar-refractivity contribution is 6.06. The number of carbonyl (C=O) groups excluding carboxylic acids is 1. The van der Waals surface area contributed by atoms with Crippen LogP contribution in [0.2, 0.25) is 0 Å². The number of amides is 1. The second-order valence-corrected chi connectivity index (χ2v) is 8.32. The molecule has 5 nitrogen and oxygen atoms in total. The molecule has 1 spiro atoms. The Morgan fingerprint density at radius 2 is 2.07 bits per heavy atom. The van der Waals surface area contributed by atoms with Crippen molar-refractivity contribution >= 4 is 16.8 Å². The van der Waals surface area contributed by atoms with Gasteiger partial charge in [0, 0.05) is 54.8 Å². The fourth-order valence-electron chi connectivity index (χ4n) is 4.56. The summed E-state index contributed by atoms with van der Waals surface area (Å²) in [5.41, 5.74) is 1.67. The summed E-state index contributed by atoms with van der Waals surface area (Å²) in [7, 11) is 0. The molecule has 4 rings (SSSR count). The number of hydrogen-bond donors (Lipinski definition) is 0. The SMILES string of the molecule is CC(C)N1CCOC[C@]2(CCCN(C(=O)c3cccc4ncccc34)C2)C1. The van der Waals surface area contributed by atoms with Gasteiger partial charge in [-0.25, -0.2) is 0 Å². The van der Waals surface area contributed by atoms with Gasteiger partial charge in [0.05, 0.1) is 18.7 Å². The zero-order valence-corrected chi connectivity index (χ0v) is 16.4. The van der Waals surface area contributed by atoms with E-state index in [1.165, 1.54) is 0 Å². The number of carbonyl (C=O) groups is 1. The average Bonchev–Trinajstić information content (AvgIpc) is 2.90. The van der Waals surface area contributed by atoms with Crippen LogP contribution in [0.5, 0.6) is 0 Å². The van der Waals surface area contributed by atoms with Gasteiger partial charge in [-0.2, -0.15) is 0 Å². The maximum atomic E-state index is 13.4. The van der Waals surface area contributed by atoms with Gasteiger partial charge in [-0.05, 0) is 44.9 Å². The molecule has 1 aromatic heterocycles. The predicted molar refractivity (Wildman–Crippen MR) is 107 cm³/mol. The molecule has 0 N–H and O–H groups in total. The summed E-state index contributed by atoms with van der Waals surface area (Å²) in [5.74, 6) is 0.119. The Hall–Kier alpha value is -1.98. The summed E-state index contributed by atoms with van der Waals surface area (Å²) >= 11 is 0. The Morgan fingerprint density at radius 3 is 2.93 bits per heavy atom. The fourth-order valence-corrected chi connectivity index (χ4v) is 4.56. The quantitative estimate of drug-likeness (QED) is 0.818. The molecule has 1 aromatic carbocycles. The minimum atomic E-state index is 0.0392. The lowest BCUT2D eigenvalue weighted by Gasteiger charge is -2.44. The van der Waals surface area contributed by atoms with Crippen LogP contribution in [0.25, 0.3) is 10.9 Å². The molecule has 2 aliphatic rings. The third-order valence-electron chi connectivity index (χ3n) is 6.02. The molecular weight excluding hydrogens is 338 g/mol. The fraction of sp³-hybridized carbons (Fsp3) is 0.545. The number of pyridine rings is 1. The largest absolute Gasteiger partial charge is 0.379 e. The molecule has 1 amide bonds. The number of likely N-dealkylation sites (tertiary alicyclic amines) is 1. The van der Waals surface area contributed by atoms with Gasteiger partial charge >= 0.3 is 0 Å². The van der Waals surface area contributed by atoms with E-state index >= 15 is 0 Å². The molecule has 2 aromatic rings. The van der Waals surface area contributed by atoms with Gasteiger partial charge in [0.1, 0.15) is 0 Å². The summed E-state index contributed by atoms with van der Waals surface area (Å²) in [6, 6.07) is 10.2. The molecule has 2 aliphatic heterocycles. The number of aromatic nitrogens is 1. The van der Waals surface area contributed by atoms with Crippen LogP contribution < -0.4 is 0 Å². The highest BCUT2D eigenvalue weighted by Gasteiger charge is 2.40. The standard InChI is InChI=1S/C22H29N3O2/c1-17(2)24-12-13-27-16-22(14-24)9-5-11-25(15-22)21(26)19-6-3-8-20-18(19)7-4-10-23-20/h3-4,6-8,10,17H,5,9,11-16H2,1-2H3/t22-/m1/s1. The molecule has 2 saturated heterocycles. The highest BCUT2D eigenvalue weighted by atomic mass is 16.5. The topological polar surface area (TPSA) is 45.7 Å². The minimum Gasteiger partial charge on any atom is -0.379 e. The monoisotopic (exact) mass is 367 g/mol. The van der Waals surface area contributed by atoms with E-state index in [4.69, 9.17) is 4.74 Å². The summed E-state index contributed by atoms with van der Waals surface area (Å²) < 4.78 is 5.98. The van der Waals surface area contributed by atoms with Gasteiger partial charge < -0.3 is 9.64 Å². The van der Waals surface area contributed by atoms with E-state index in [-0.39, 0.29) is 11.3 Å². The molecule has 0 radical (unpaired) electrons. The van der Waals surface area contributed by atoms with Gasteiger partial charge in [-0.3, -0.25) is 14.7 Å². The number of fused-ring (bicyclic) bond motifs is 1. The number of rotatable bonds is 2. The van der Waals surface area contributed by atoms with Crippen molar-refractivity contribution in [3.63, 3.8) is 0 Å². The third-order valence-corrected chi connectivity index (χ3v) is 6.02. The van der Waals surface area contributed by atoms with Crippen molar-refractivity contribution in [2.45, 2.75) is 32.7 Å². The van der Waals surface area contributed by atoms with Crippen LogP contribution in [-0.2, 0) is 4.74 Å². The van der Waals surface area contributed by atoms with Crippen molar-refractivity contribution in [2.75, 3.05) is 39.4 Å². The normalized spacial score (nSPS) is 24.5. The van der Waals surface area contributed by atoms with Crippen molar-refractivity contribution < 1.29 is 9.53 Å². The number of ether oxygens (including phenoxy) is 1. The zero-order valence-electron chi connectivity index (χ0n) is 16.4. The van der Waals surface area contributed by atoms with Gasteiger partial charge in [-0.15, -0.1) is 0 Å². The molecule has 0 unspecified atom stereocenters. The van der Waals surface area contributed by atoms with Crippen molar-refractivity contribution in [2.24, 2.45) is 5.41 Å². The molecule has 3 heterocycles. The van der Waals surface area contributed by atoms with E-state index in [1.54, 1.807) is 6.20 Å². The Bertz CT molecular complexity index is 817. The van der Waals surface area contributed by atoms with Crippen LogP contribution in [0.3, 0.4) is 0 Å². The molecular formula is C22H29N3O2. The Kier molecular flexibility index (Phi) is 5.15. The van der Waals surface area contributed by atoms with E-state index in [9.17, 15) is 4.79 Å². The average molecular weight is 367 g/mol. The lowest BCUT2D eigenvalue weighted by Crippen LogP contribution is -2.53. The Labute approximate surface area is 161 Å². The molecule has 144 valence electrons. The first-order chi connectivity index (χ1) is 13.1. The van der Waals surface area contributed by atoms with Gasteiger partial charge in [-0.1, -0.05) is 12.1 Å². The maximum Gasteiger partial charge on any atom is 0.254 e. The van der Waals surface area contributed by atoms with Crippen LogP contribution in [-0.4, -0.2) is 66.1 Å². The van der Waals surface area contributed by atoms with Crippen molar-refractivity contribution in [3.8, 4) is 0 Å². The molecule has 1 atom stereocenters. The van der Waals surface area contributed by atoms with Gasteiger partial charge in [0.2, 0.25) is 0 Å². The number of benzene rings is 1. The Balaban J connectivity index is 1.59. The van der Waals surface area contributed by atoms with E-state index in [0.717, 1.165) is 68.7 Å². The second-order valence-electron chi connectivity index (χ2n) is 8.32. The highest BCUT2D eigenvalue weighted by Crippen LogP contribution is 2.34. The van der Waals surface area contributed by atoms with Crippen molar-refractivity contribution in [3.05, 3.63) is 42.1 Å². The first kappa shape index (κ1) is 18.4. The Morgan fingerprint density at radius 1 is 1.19 bits per heavy atom. The lowest BCUT2D eigenvalue weighted by atomic mass is 9.79. The molecule has 0 aliphatic carbocycles. The van der Waals surface area contributed by atoms with E-state index in [2.05, 4.69) is 23.7 Å². The second kappa shape index (κ2) is 7.56. The van der Waals surface area contributed by atoms with Crippen molar-refractivity contribution in [1.29, 1.82) is 0 Å². The molecule has 27 heavy (non-hydrogen) atoms. The predicted octanol–water partition coefficient (Wildman–Crippen LogP) is 3.20. The zero-order chi connectivity index (χ0) is 18.9. The molecule has 0 saturated carbocycles. The minimum absolute atomic E-state index is 0.0392. The molecule has 2 fully saturated rings. The number of piperidine rings is 1. The smallest absolute Gasteiger partial charge is 0.254 e. The first-order valence-electron chi connectivity index (χ1n) is 10.0. The van der Waals surface area contributed by atoms with Gasteiger partial charge in [0.15, 0.2) is 0 Å². The maximum absolute atomic E-state index is 13.4. The number of nitrogens with zero attached hydrogens (tertiary/aromatic N) is 3. The van der Waals surface area contributed by atoms with E-state index < -0.39 is 0 Å². The summed E-state index contributed by atoms with van der Waals surface area (Å²) in [5, 5.41) is 0.936. The summed E-state index contributed by atoms with van der Waals surface area (Å²) in [4.78, 5) is 22.3. The van der Waals surface area contributed by atoms with Gasteiger partial charge in [0.25, 0.3) is 5.91 Å². The summed E-state index contributed by atoms with van der Waals surface area (Å²) in [6.45, 7) is 9.58. The van der Waals surface area contributed by atoms with Crippen LogP contribution in [0.4, 0.5) is 0 Å². The lowest BCUT2D eigenvalue weighted by molar-refractivity contribution is 0.00581. The van der Waals surface area contributed by atoms with E-state index in [1.807, 2.05) is 35.2 Å². The summed E-state index contributed by atoms with van der Waals surface area (Å²) in [6.07, 6.45) is 3.93. The number of hydrogen-bond acceptors (Lipinski definition) is 4. The molecule has 0 bridgehead atoms. The van der Waals surface area contributed by atoms with Crippen LogP contribution >= 0.6 is 0 Å². The molecule has 5 heteroatoms. The van der Waals surface area contributed by atoms with E-state index in [0.29, 0.717) is 6.04 Å². The third kappa shape index (κ3) is 3.71. The van der Waals surface area contributed by atoms with Crippen LogP contribution in [0, 0.1) is 5.41 Å². The van der Waals surface area contributed by atoms with Crippen LogP contribution in [0.1, 0.15) is 37.0 Å². The first-order valence-corrected chi connectivity index (χ1v) is 10.0. The van der Waals surface area contributed by atoms with Crippen molar-refractivity contribution in [1.82, 2.24) is 14.8 Å². The van der Waals surface area contributed by atoms with Crippen LogP contribution in [0.15, 0.2) is 36.5 Å².